The van der Waals surface area contributed by atoms with Crippen molar-refractivity contribution in [3.05, 3.63) is 69.9 Å². The molecule has 0 fully saturated rings. The van der Waals surface area contributed by atoms with Gasteiger partial charge >= 0.3 is 0 Å². The Morgan fingerprint density at radius 3 is 2.81 bits per heavy atom. The Kier molecular flexibility index (Phi) is 5.23. The van der Waals surface area contributed by atoms with E-state index in [0.717, 1.165) is 17.8 Å². The summed E-state index contributed by atoms with van der Waals surface area (Å²) in [6.45, 7) is -0.152. The molecule has 0 bridgehead atoms. The van der Waals surface area contributed by atoms with Crippen molar-refractivity contribution >= 4 is 23.7 Å². The SMILES string of the molecule is O=Cc1ccc(Sc2nnc(COc3ccccc3F)o2)c([N+](=O)[O-])c1. The summed E-state index contributed by atoms with van der Waals surface area (Å²) in [6.07, 6.45) is 0.520. The normalized spacial score (nSPS) is 10.5. The molecule has 0 radical (unpaired) electrons. The maximum absolute atomic E-state index is 13.5. The van der Waals surface area contributed by atoms with Crippen LogP contribution >= 0.6 is 11.8 Å². The van der Waals surface area contributed by atoms with Gasteiger partial charge in [0.15, 0.2) is 18.2 Å². The molecule has 0 saturated heterocycles. The Balaban J connectivity index is 1.72. The molecule has 26 heavy (non-hydrogen) atoms. The Bertz CT molecular complexity index is 963. The van der Waals surface area contributed by atoms with Crippen molar-refractivity contribution in [2.75, 3.05) is 0 Å². The molecule has 0 aliphatic rings. The van der Waals surface area contributed by atoms with Gasteiger partial charge in [-0.05, 0) is 30.0 Å². The van der Waals surface area contributed by atoms with E-state index in [1.165, 1.54) is 30.3 Å². The Morgan fingerprint density at radius 1 is 1.27 bits per heavy atom. The average Bonchev–Trinajstić information content (AvgIpc) is 3.08. The van der Waals surface area contributed by atoms with E-state index < -0.39 is 10.7 Å². The molecule has 2 aromatic carbocycles. The van der Waals surface area contributed by atoms with Gasteiger partial charge in [-0.2, -0.15) is 0 Å². The number of hydrogen-bond donors (Lipinski definition) is 0. The highest BCUT2D eigenvalue weighted by Gasteiger charge is 2.19. The Morgan fingerprint density at radius 2 is 2.08 bits per heavy atom. The standard InChI is InChI=1S/C16H10FN3O5S/c17-11-3-1-2-4-13(11)24-9-15-18-19-16(25-15)26-14-6-5-10(8-21)7-12(14)20(22)23/h1-8H,9H2. The molecule has 0 spiro atoms. The van der Waals surface area contributed by atoms with Gasteiger partial charge in [-0.15, -0.1) is 10.2 Å². The minimum Gasteiger partial charge on any atom is -0.481 e. The number of hydrogen-bond acceptors (Lipinski definition) is 8. The van der Waals surface area contributed by atoms with Gasteiger partial charge in [-0.3, -0.25) is 14.9 Å². The first kappa shape index (κ1) is 17.5. The number of rotatable bonds is 7. The Hall–Kier alpha value is -3.27. The van der Waals surface area contributed by atoms with Crippen LogP contribution in [-0.2, 0) is 6.61 Å². The second-order valence-corrected chi connectivity index (χ2v) is 5.88. The van der Waals surface area contributed by atoms with E-state index in [4.69, 9.17) is 9.15 Å². The fourth-order valence-corrected chi connectivity index (χ4v) is 2.75. The number of nitrogens with zero attached hydrogens (tertiary/aromatic N) is 3. The fraction of sp³-hybridized carbons (Fsp3) is 0.0625. The molecule has 0 aliphatic heterocycles. The van der Waals surface area contributed by atoms with Crippen molar-refractivity contribution < 1.29 is 23.3 Å². The van der Waals surface area contributed by atoms with Gasteiger partial charge in [-0.25, -0.2) is 4.39 Å². The predicted molar refractivity (Wildman–Crippen MR) is 87.6 cm³/mol. The molecule has 8 nitrogen and oxygen atoms in total. The minimum atomic E-state index is -0.603. The topological polar surface area (TPSA) is 108 Å². The van der Waals surface area contributed by atoms with Crippen LogP contribution in [0.25, 0.3) is 0 Å². The van der Waals surface area contributed by atoms with Crippen LogP contribution in [0.1, 0.15) is 16.2 Å². The van der Waals surface area contributed by atoms with Gasteiger partial charge < -0.3 is 9.15 Å². The molecule has 1 heterocycles. The molecule has 1 aromatic heterocycles. The molecule has 132 valence electrons. The summed E-state index contributed by atoms with van der Waals surface area (Å²) in [7, 11) is 0. The van der Waals surface area contributed by atoms with E-state index in [0.29, 0.717) is 6.29 Å². The number of para-hydroxylation sites is 1. The van der Waals surface area contributed by atoms with E-state index in [2.05, 4.69) is 10.2 Å². The first-order chi connectivity index (χ1) is 12.6. The van der Waals surface area contributed by atoms with Crippen LogP contribution in [0.3, 0.4) is 0 Å². The molecule has 0 atom stereocenters. The third kappa shape index (κ3) is 4.03. The molecule has 3 rings (SSSR count). The maximum Gasteiger partial charge on any atom is 0.284 e. The zero-order chi connectivity index (χ0) is 18.5. The number of benzene rings is 2. The molecule has 0 unspecified atom stereocenters. The van der Waals surface area contributed by atoms with Crippen LogP contribution in [0.4, 0.5) is 10.1 Å². The highest BCUT2D eigenvalue weighted by Crippen LogP contribution is 2.34. The number of halogens is 1. The maximum atomic E-state index is 13.5. The molecule has 0 saturated carbocycles. The van der Waals surface area contributed by atoms with Crippen molar-refractivity contribution in [1.82, 2.24) is 10.2 Å². The molecule has 0 amide bonds. The summed E-state index contributed by atoms with van der Waals surface area (Å²) in [5.74, 6) is -0.393. The number of aromatic nitrogens is 2. The number of carbonyl (C=O) groups is 1. The molecular weight excluding hydrogens is 365 g/mol. The van der Waals surface area contributed by atoms with Crippen molar-refractivity contribution in [3.63, 3.8) is 0 Å². The number of ether oxygens (including phenoxy) is 1. The lowest BCUT2D eigenvalue weighted by Gasteiger charge is -2.03. The molecule has 0 N–H and O–H groups in total. The summed E-state index contributed by atoms with van der Waals surface area (Å²) in [4.78, 5) is 21.5. The van der Waals surface area contributed by atoms with Gasteiger partial charge in [0.05, 0.1) is 9.82 Å². The second kappa shape index (κ2) is 7.74. The van der Waals surface area contributed by atoms with Crippen LogP contribution in [0.5, 0.6) is 5.75 Å². The zero-order valence-corrected chi connectivity index (χ0v) is 13.8. The van der Waals surface area contributed by atoms with Crippen molar-refractivity contribution in [2.45, 2.75) is 16.7 Å². The lowest BCUT2D eigenvalue weighted by Crippen LogP contribution is -1.97. The second-order valence-electron chi connectivity index (χ2n) is 4.88. The third-order valence-electron chi connectivity index (χ3n) is 3.15. The smallest absolute Gasteiger partial charge is 0.284 e. The largest absolute Gasteiger partial charge is 0.481 e. The van der Waals surface area contributed by atoms with Crippen molar-refractivity contribution in [2.24, 2.45) is 0 Å². The minimum absolute atomic E-state index is 0.0417. The summed E-state index contributed by atoms with van der Waals surface area (Å²) in [6, 6.07) is 9.90. The molecular formula is C16H10FN3O5S. The molecule has 10 heteroatoms. The predicted octanol–water partition coefficient (Wildman–Crippen LogP) is 3.66. The summed E-state index contributed by atoms with van der Waals surface area (Å²) in [5.41, 5.74) is -0.0625. The van der Waals surface area contributed by atoms with Crippen LogP contribution in [0, 0.1) is 15.9 Å². The summed E-state index contributed by atoms with van der Waals surface area (Å²) in [5, 5.41) is 18.7. The van der Waals surface area contributed by atoms with Crippen molar-refractivity contribution in [3.8, 4) is 5.75 Å². The lowest BCUT2D eigenvalue weighted by atomic mass is 10.2. The van der Waals surface area contributed by atoms with E-state index in [1.807, 2.05) is 0 Å². The summed E-state index contributed by atoms with van der Waals surface area (Å²) < 4.78 is 24.1. The first-order valence-corrected chi connectivity index (χ1v) is 7.99. The average molecular weight is 375 g/mol. The van der Waals surface area contributed by atoms with Crippen LogP contribution < -0.4 is 4.74 Å². The van der Waals surface area contributed by atoms with Gasteiger partial charge in [0.2, 0.25) is 0 Å². The molecule has 0 aliphatic carbocycles. The van der Waals surface area contributed by atoms with Gasteiger partial charge in [0.25, 0.3) is 16.8 Å². The van der Waals surface area contributed by atoms with Gasteiger partial charge in [0, 0.05) is 11.6 Å². The van der Waals surface area contributed by atoms with Crippen LogP contribution in [0.15, 0.2) is 57.0 Å². The quantitative estimate of drug-likeness (QED) is 0.350. The number of aldehydes is 1. The monoisotopic (exact) mass is 375 g/mol. The fourth-order valence-electron chi connectivity index (χ4n) is 1.97. The zero-order valence-electron chi connectivity index (χ0n) is 13.0. The number of nitro benzene ring substituents is 1. The van der Waals surface area contributed by atoms with E-state index in [9.17, 15) is 19.3 Å². The van der Waals surface area contributed by atoms with Gasteiger partial charge in [-0.1, -0.05) is 18.2 Å². The summed E-state index contributed by atoms with van der Waals surface area (Å²) >= 11 is 0.880. The van der Waals surface area contributed by atoms with Gasteiger partial charge in [0.1, 0.15) is 6.29 Å². The lowest BCUT2D eigenvalue weighted by molar-refractivity contribution is -0.387. The molecule has 3 aromatic rings. The van der Waals surface area contributed by atoms with E-state index >= 15 is 0 Å². The van der Waals surface area contributed by atoms with E-state index in [1.54, 1.807) is 6.07 Å². The highest BCUT2D eigenvalue weighted by molar-refractivity contribution is 7.99. The van der Waals surface area contributed by atoms with E-state index in [-0.39, 0.29) is 39.6 Å². The third-order valence-corrected chi connectivity index (χ3v) is 4.05. The Labute approximate surface area is 150 Å². The first-order valence-electron chi connectivity index (χ1n) is 7.18. The number of carbonyl (C=O) groups excluding carboxylic acids is 1. The highest BCUT2D eigenvalue weighted by atomic mass is 32.2. The number of nitro groups is 1. The van der Waals surface area contributed by atoms with Crippen LogP contribution in [0.2, 0.25) is 0 Å². The van der Waals surface area contributed by atoms with Crippen LogP contribution in [-0.4, -0.2) is 21.4 Å². The van der Waals surface area contributed by atoms with Crippen molar-refractivity contribution in [1.29, 1.82) is 0 Å².